The lowest BCUT2D eigenvalue weighted by Gasteiger charge is -2.10. The summed E-state index contributed by atoms with van der Waals surface area (Å²) in [7, 11) is 0. The van der Waals surface area contributed by atoms with Crippen LogP contribution in [-0.4, -0.2) is 0 Å². The Kier molecular flexibility index (Phi) is 20.0. The standard InChI is InChI=1S/C23H47/c1-4-6-8-10-11-12-13-14-15-16-18-20-22-23(3)21-19-17-9-7-5-2/h23H,3-22H2,1-2H3. The molecule has 1 radical (unpaired) electrons. The van der Waals surface area contributed by atoms with E-state index in [1.54, 1.807) is 0 Å². The zero-order valence-corrected chi connectivity index (χ0v) is 16.7. The summed E-state index contributed by atoms with van der Waals surface area (Å²) < 4.78 is 0. The quantitative estimate of drug-likeness (QED) is 0.208. The smallest absolute Gasteiger partial charge is 0.0414 e. The third-order valence-corrected chi connectivity index (χ3v) is 5.18. The Morgan fingerprint density at radius 2 is 0.696 bits per heavy atom. The van der Waals surface area contributed by atoms with Crippen LogP contribution in [0.5, 0.6) is 0 Å². The second-order valence-electron chi connectivity index (χ2n) is 7.75. The molecule has 0 spiro atoms. The van der Waals surface area contributed by atoms with Gasteiger partial charge in [0.15, 0.2) is 0 Å². The van der Waals surface area contributed by atoms with E-state index in [-0.39, 0.29) is 0 Å². The van der Waals surface area contributed by atoms with E-state index >= 15 is 0 Å². The number of hydrogen-bond donors (Lipinski definition) is 0. The molecule has 0 N–H and O–H groups in total. The van der Waals surface area contributed by atoms with Crippen LogP contribution >= 0.6 is 0 Å². The first-order chi connectivity index (χ1) is 11.3. The maximum atomic E-state index is 4.34. The van der Waals surface area contributed by atoms with E-state index in [9.17, 15) is 0 Å². The van der Waals surface area contributed by atoms with Crippen molar-refractivity contribution in [3.63, 3.8) is 0 Å². The first kappa shape index (κ1) is 23.0. The molecule has 0 nitrogen and oxygen atoms in total. The number of rotatable bonds is 19. The largest absolute Gasteiger partial charge is 0.0654 e. The Labute approximate surface area is 149 Å². The van der Waals surface area contributed by atoms with Gasteiger partial charge in [0.25, 0.3) is 0 Å². The summed E-state index contributed by atoms with van der Waals surface area (Å²) in [5.74, 6) is 0.722. The molecular weight excluding hydrogens is 276 g/mol. The first-order valence-electron chi connectivity index (χ1n) is 11.1. The van der Waals surface area contributed by atoms with Gasteiger partial charge in [-0.1, -0.05) is 143 Å². The summed E-state index contributed by atoms with van der Waals surface area (Å²) >= 11 is 0. The third kappa shape index (κ3) is 20.0. The Balaban J connectivity index is 3.08. The average Bonchev–Trinajstić information content (AvgIpc) is 2.55. The predicted molar refractivity (Wildman–Crippen MR) is 108 cm³/mol. The second-order valence-corrected chi connectivity index (χ2v) is 7.75. The minimum absolute atomic E-state index is 0.722. The third-order valence-electron chi connectivity index (χ3n) is 5.18. The highest BCUT2D eigenvalue weighted by molar-refractivity contribution is 4.62. The zero-order valence-electron chi connectivity index (χ0n) is 16.7. The lowest BCUT2D eigenvalue weighted by molar-refractivity contribution is 0.462. The predicted octanol–water partition coefficient (Wildman–Crippen LogP) is 8.89. The van der Waals surface area contributed by atoms with Gasteiger partial charge in [-0.3, -0.25) is 0 Å². The fraction of sp³-hybridized carbons (Fsp3) is 0.957. The van der Waals surface area contributed by atoms with Crippen LogP contribution in [0.3, 0.4) is 0 Å². The molecule has 1 atom stereocenters. The van der Waals surface area contributed by atoms with Crippen molar-refractivity contribution in [2.75, 3.05) is 0 Å². The fourth-order valence-corrected chi connectivity index (χ4v) is 3.45. The van der Waals surface area contributed by atoms with Gasteiger partial charge in [0, 0.05) is 0 Å². The zero-order chi connectivity index (χ0) is 17.0. The highest BCUT2D eigenvalue weighted by atomic mass is 14.1. The van der Waals surface area contributed by atoms with Crippen molar-refractivity contribution < 1.29 is 0 Å². The van der Waals surface area contributed by atoms with Crippen molar-refractivity contribution in [3.05, 3.63) is 6.92 Å². The van der Waals surface area contributed by atoms with Gasteiger partial charge in [-0.15, -0.1) is 0 Å². The van der Waals surface area contributed by atoms with Gasteiger partial charge >= 0.3 is 0 Å². The number of unbranched alkanes of at least 4 members (excludes halogenated alkanes) is 15. The van der Waals surface area contributed by atoms with Crippen molar-refractivity contribution in [2.45, 2.75) is 136 Å². The van der Waals surface area contributed by atoms with Crippen LogP contribution < -0.4 is 0 Å². The highest BCUT2D eigenvalue weighted by Crippen LogP contribution is 2.18. The Hall–Kier alpha value is 0. The summed E-state index contributed by atoms with van der Waals surface area (Å²) in [6, 6.07) is 0. The summed E-state index contributed by atoms with van der Waals surface area (Å²) in [6.07, 6.45) is 27.2. The van der Waals surface area contributed by atoms with E-state index in [1.807, 2.05) is 0 Å². The van der Waals surface area contributed by atoms with E-state index < -0.39 is 0 Å². The van der Waals surface area contributed by atoms with E-state index in [4.69, 9.17) is 0 Å². The van der Waals surface area contributed by atoms with Crippen molar-refractivity contribution in [1.29, 1.82) is 0 Å². The van der Waals surface area contributed by atoms with Gasteiger partial charge in [0.05, 0.1) is 0 Å². The molecule has 0 rings (SSSR count). The molecule has 139 valence electrons. The molecule has 0 aromatic rings. The van der Waals surface area contributed by atoms with Gasteiger partial charge in [0.2, 0.25) is 0 Å². The Bertz CT molecular complexity index is 196. The van der Waals surface area contributed by atoms with Crippen LogP contribution in [0.15, 0.2) is 0 Å². The molecule has 0 saturated carbocycles. The van der Waals surface area contributed by atoms with Crippen LogP contribution in [0.2, 0.25) is 0 Å². The molecule has 0 heteroatoms. The van der Waals surface area contributed by atoms with Gasteiger partial charge < -0.3 is 0 Å². The lowest BCUT2D eigenvalue weighted by atomic mass is 9.96. The molecule has 0 heterocycles. The highest BCUT2D eigenvalue weighted by Gasteiger charge is 2.02. The molecule has 1 unspecified atom stereocenters. The van der Waals surface area contributed by atoms with Crippen LogP contribution in [0, 0.1) is 12.8 Å². The van der Waals surface area contributed by atoms with Crippen molar-refractivity contribution in [2.24, 2.45) is 5.92 Å². The maximum Gasteiger partial charge on any atom is -0.0414 e. The Morgan fingerprint density at radius 1 is 0.435 bits per heavy atom. The summed E-state index contributed by atoms with van der Waals surface area (Å²) in [5, 5.41) is 0. The van der Waals surface area contributed by atoms with Gasteiger partial charge in [0.1, 0.15) is 0 Å². The SMILES string of the molecule is [CH2]C(CCCCCCC)CCCCCCCCCCCCCC. The maximum absolute atomic E-state index is 4.34. The molecule has 0 aliphatic heterocycles. The monoisotopic (exact) mass is 323 g/mol. The molecule has 0 aliphatic carbocycles. The van der Waals surface area contributed by atoms with Crippen LogP contribution in [0.4, 0.5) is 0 Å². The normalized spacial score (nSPS) is 12.7. The Morgan fingerprint density at radius 3 is 1.00 bits per heavy atom. The molecular formula is C23H47. The summed E-state index contributed by atoms with van der Waals surface area (Å²) in [6.45, 7) is 8.93. The molecule has 23 heavy (non-hydrogen) atoms. The summed E-state index contributed by atoms with van der Waals surface area (Å²) in [5.41, 5.74) is 0. The minimum Gasteiger partial charge on any atom is -0.0654 e. The summed E-state index contributed by atoms with van der Waals surface area (Å²) in [4.78, 5) is 0. The minimum atomic E-state index is 0.722. The topological polar surface area (TPSA) is 0 Å². The molecule has 0 aliphatic rings. The van der Waals surface area contributed by atoms with E-state index in [0.29, 0.717) is 0 Å². The molecule has 0 amide bonds. The van der Waals surface area contributed by atoms with E-state index in [1.165, 1.54) is 122 Å². The van der Waals surface area contributed by atoms with Gasteiger partial charge in [-0.2, -0.15) is 0 Å². The average molecular weight is 324 g/mol. The molecule has 0 saturated heterocycles. The molecule has 0 fully saturated rings. The van der Waals surface area contributed by atoms with Crippen molar-refractivity contribution in [1.82, 2.24) is 0 Å². The number of hydrogen-bond acceptors (Lipinski definition) is 0. The molecule has 0 aromatic carbocycles. The van der Waals surface area contributed by atoms with Crippen LogP contribution in [0.25, 0.3) is 0 Å². The van der Waals surface area contributed by atoms with E-state index in [0.717, 1.165) is 5.92 Å². The lowest BCUT2D eigenvalue weighted by Crippen LogP contribution is -1.95. The second kappa shape index (κ2) is 20.0. The van der Waals surface area contributed by atoms with Crippen LogP contribution in [-0.2, 0) is 0 Å². The van der Waals surface area contributed by atoms with Crippen molar-refractivity contribution >= 4 is 0 Å². The van der Waals surface area contributed by atoms with Crippen molar-refractivity contribution in [3.8, 4) is 0 Å². The first-order valence-corrected chi connectivity index (χ1v) is 11.1. The molecule has 0 bridgehead atoms. The van der Waals surface area contributed by atoms with E-state index in [2.05, 4.69) is 20.8 Å². The van der Waals surface area contributed by atoms with Gasteiger partial charge in [-0.05, 0) is 5.92 Å². The van der Waals surface area contributed by atoms with Gasteiger partial charge in [-0.25, -0.2) is 0 Å². The fourth-order valence-electron chi connectivity index (χ4n) is 3.45. The van der Waals surface area contributed by atoms with Crippen LogP contribution in [0.1, 0.15) is 136 Å². The molecule has 0 aromatic heterocycles.